The molecule has 2 heterocycles. The van der Waals surface area contributed by atoms with E-state index in [1.807, 2.05) is 18.2 Å². The first-order valence-corrected chi connectivity index (χ1v) is 6.87. The van der Waals surface area contributed by atoms with Gasteiger partial charge >= 0.3 is 0 Å². The zero-order valence-electron chi connectivity index (χ0n) is 9.85. The quantitative estimate of drug-likeness (QED) is 0.830. The zero-order chi connectivity index (χ0) is 11.8. The number of benzene rings is 1. The summed E-state index contributed by atoms with van der Waals surface area (Å²) in [6.45, 7) is 3.04. The molecule has 1 saturated heterocycles. The number of nitrogens with zero attached hydrogens (tertiary/aromatic N) is 1. The second kappa shape index (κ2) is 4.27. The van der Waals surface area contributed by atoms with E-state index in [1.165, 1.54) is 9.71 Å². The van der Waals surface area contributed by atoms with Gasteiger partial charge in [-0.05, 0) is 31.0 Å². The third-order valence-electron chi connectivity index (χ3n) is 3.36. The summed E-state index contributed by atoms with van der Waals surface area (Å²) in [6, 6.07) is 5.92. The van der Waals surface area contributed by atoms with Crippen LogP contribution in [0.2, 0.25) is 0 Å². The third-order valence-corrected chi connectivity index (χ3v) is 4.51. The number of nitrogens with two attached hydrogens (primary N) is 1. The molecule has 0 saturated carbocycles. The highest BCUT2D eigenvalue weighted by atomic mass is 32.1. The van der Waals surface area contributed by atoms with Crippen molar-refractivity contribution in [3.8, 4) is 0 Å². The summed E-state index contributed by atoms with van der Waals surface area (Å²) < 4.78 is 6.91. The van der Waals surface area contributed by atoms with Crippen LogP contribution in [0.3, 0.4) is 0 Å². The average molecular weight is 248 g/mol. The molecule has 1 aromatic heterocycles. The molecule has 2 unspecified atom stereocenters. The second-order valence-electron chi connectivity index (χ2n) is 4.49. The fourth-order valence-electron chi connectivity index (χ4n) is 2.45. The third kappa shape index (κ3) is 1.91. The molecule has 0 bridgehead atoms. The number of hydrogen-bond donors (Lipinski definition) is 1. The van der Waals surface area contributed by atoms with Gasteiger partial charge in [-0.2, -0.15) is 0 Å². The molecule has 4 heteroatoms. The van der Waals surface area contributed by atoms with Crippen molar-refractivity contribution in [2.24, 2.45) is 0 Å². The molecular weight excluding hydrogens is 232 g/mol. The van der Waals surface area contributed by atoms with Crippen molar-refractivity contribution in [1.29, 1.82) is 0 Å². The Bertz CT molecular complexity index is 537. The van der Waals surface area contributed by atoms with Crippen LogP contribution in [0.5, 0.6) is 0 Å². The average Bonchev–Trinajstić information content (AvgIpc) is 2.93. The predicted molar refractivity (Wildman–Crippen MR) is 71.4 cm³/mol. The molecule has 0 aliphatic carbocycles. The van der Waals surface area contributed by atoms with Crippen LogP contribution in [0.4, 0.5) is 5.69 Å². The number of anilines is 1. The smallest absolute Gasteiger partial charge is 0.0996 e. The number of nitrogen functional groups attached to an aromatic ring is 1. The zero-order valence-corrected chi connectivity index (χ0v) is 10.7. The van der Waals surface area contributed by atoms with Gasteiger partial charge in [0.25, 0.3) is 0 Å². The lowest BCUT2D eigenvalue weighted by atomic mass is 10.0. The maximum atomic E-state index is 5.79. The van der Waals surface area contributed by atoms with Crippen LogP contribution in [-0.2, 0) is 4.74 Å². The number of ether oxygens (including phenoxy) is 1. The lowest BCUT2D eigenvalue weighted by Gasteiger charge is -2.13. The largest absolute Gasteiger partial charge is 0.399 e. The number of thiazole rings is 1. The Morgan fingerprint density at radius 3 is 3.24 bits per heavy atom. The summed E-state index contributed by atoms with van der Waals surface area (Å²) >= 11 is 1.76. The Hall–Kier alpha value is -1.13. The lowest BCUT2D eigenvalue weighted by molar-refractivity contribution is 0.101. The molecular formula is C13H16N2OS. The van der Waals surface area contributed by atoms with E-state index in [0.29, 0.717) is 12.0 Å². The number of rotatable bonds is 2. The van der Waals surface area contributed by atoms with Crippen LogP contribution < -0.4 is 5.73 Å². The van der Waals surface area contributed by atoms with Crippen molar-refractivity contribution < 1.29 is 4.74 Å². The summed E-state index contributed by atoms with van der Waals surface area (Å²) in [5.74, 6) is 0.471. The van der Waals surface area contributed by atoms with Crippen LogP contribution in [0, 0.1) is 0 Å². The molecule has 1 aromatic carbocycles. The first-order chi connectivity index (χ1) is 8.28. The molecule has 0 radical (unpaired) electrons. The maximum Gasteiger partial charge on any atom is 0.0996 e. The van der Waals surface area contributed by atoms with E-state index in [-0.39, 0.29) is 0 Å². The summed E-state index contributed by atoms with van der Waals surface area (Å²) in [4.78, 5) is 4.72. The van der Waals surface area contributed by atoms with E-state index >= 15 is 0 Å². The van der Waals surface area contributed by atoms with Crippen molar-refractivity contribution >= 4 is 27.2 Å². The van der Waals surface area contributed by atoms with Gasteiger partial charge in [-0.25, -0.2) is 4.98 Å². The minimum Gasteiger partial charge on any atom is -0.399 e. The lowest BCUT2D eigenvalue weighted by Crippen LogP contribution is -2.12. The van der Waals surface area contributed by atoms with Crippen LogP contribution in [0.1, 0.15) is 30.7 Å². The Morgan fingerprint density at radius 2 is 2.41 bits per heavy atom. The first kappa shape index (κ1) is 11.0. The van der Waals surface area contributed by atoms with Gasteiger partial charge in [-0.15, -0.1) is 11.3 Å². The molecule has 17 heavy (non-hydrogen) atoms. The monoisotopic (exact) mass is 248 g/mol. The van der Waals surface area contributed by atoms with Crippen LogP contribution in [0.25, 0.3) is 10.2 Å². The Morgan fingerprint density at radius 1 is 1.53 bits per heavy atom. The standard InChI is InChI=1S/C13H16N2OS/c1-2-11-9(5-6-16-11)13-15-10-4-3-8(14)7-12(10)17-13/h3-4,7,9,11H,2,5-6,14H2,1H3. The van der Waals surface area contributed by atoms with E-state index in [9.17, 15) is 0 Å². The number of aromatic nitrogens is 1. The van der Waals surface area contributed by atoms with Gasteiger partial charge in [0.15, 0.2) is 0 Å². The van der Waals surface area contributed by atoms with Gasteiger partial charge in [0.1, 0.15) is 0 Å². The van der Waals surface area contributed by atoms with Crippen molar-refractivity contribution in [3.63, 3.8) is 0 Å². The number of hydrogen-bond acceptors (Lipinski definition) is 4. The maximum absolute atomic E-state index is 5.79. The highest BCUT2D eigenvalue weighted by Crippen LogP contribution is 2.37. The van der Waals surface area contributed by atoms with E-state index in [2.05, 4.69) is 6.92 Å². The van der Waals surface area contributed by atoms with Gasteiger partial charge in [0.2, 0.25) is 0 Å². The Balaban J connectivity index is 2.00. The highest BCUT2D eigenvalue weighted by Gasteiger charge is 2.30. The van der Waals surface area contributed by atoms with E-state index in [0.717, 1.165) is 30.7 Å². The topological polar surface area (TPSA) is 48.1 Å². The van der Waals surface area contributed by atoms with Crippen LogP contribution in [0.15, 0.2) is 18.2 Å². The molecule has 2 aromatic rings. The van der Waals surface area contributed by atoms with Gasteiger partial charge in [-0.1, -0.05) is 6.92 Å². The van der Waals surface area contributed by atoms with Crippen molar-refractivity contribution in [3.05, 3.63) is 23.2 Å². The van der Waals surface area contributed by atoms with Crippen LogP contribution in [-0.4, -0.2) is 17.7 Å². The Kier molecular flexibility index (Phi) is 2.76. The Labute approximate surface area is 105 Å². The van der Waals surface area contributed by atoms with E-state index < -0.39 is 0 Å². The summed E-state index contributed by atoms with van der Waals surface area (Å²) in [6.07, 6.45) is 2.49. The summed E-state index contributed by atoms with van der Waals surface area (Å²) in [5, 5.41) is 1.20. The predicted octanol–water partition coefficient (Wildman–Crippen LogP) is 3.16. The number of fused-ring (bicyclic) bond motifs is 1. The minimum atomic E-state index is 0.341. The van der Waals surface area contributed by atoms with E-state index in [1.54, 1.807) is 11.3 Å². The van der Waals surface area contributed by atoms with Gasteiger partial charge < -0.3 is 10.5 Å². The molecule has 3 rings (SSSR count). The molecule has 1 aliphatic heterocycles. The fourth-order valence-corrected chi connectivity index (χ4v) is 3.65. The van der Waals surface area contributed by atoms with Gasteiger partial charge in [-0.3, -0.25) is 0 Å². The normalized spacial score (nSPS) is 24.5. The SMILES string of the molecule is CCC1OCCC1c1nc2ccc(N)cc2s1. The van der Waals surface area contributed by atoms with Crippen LogP contribution >= 0.6 is 11.3 Å². The van der Waals surface area contributed by atoms with Gasteiger partial charge in [0, 0.05) is 18.2 Å². The molecule has 2 N–H and O–H groups in total. The van der Waals surface area contributed by atoms with Crippen molar-refractivity contribution in [1.82, 2.24) is 4.98 Å². The minimum absolute atomic E-state index is 0.341. The molecule has 2 atom stereocenters. The molecule has 0 spiro atoms. The van der Waals surface area contributed by atoms with Gasteiger partial charge in [0.05, 0.1) is 21.3 Å². The molecule has 0 amide bonds. The highest BCUT2D eigenvalue weighted by molar-refractivity contribution is 7.18. The second-order valence-corrected chi connectivity index (χ2v) is 5.55. The van der Waals surface area contributed by atoms with Crippen molar-refractivity contribution in [2.75, 3.05) is 12.3 Å². The molecule has 90 valence electrons. The molecule has 1 aliphatic rings. The first-order valence-electron chi connectivity index (χ1n) is 6.05. The summed E-state index contributed by atoms with van der Waals surface area (Å²) in [7, 11) is 0. The molecule has 1 fully saturated rings. The summed E-state index contributed by atoms with van der Waals surface area (Å²) in [5.41, 5.74) is 7.66. The molecule has 3 nitrogen and oxygen atoms in total. The van der Waals surface area contributed by atoms with Crippen molar-refractivity contribution in [2.45, 2.75) is 31.8 Å². The fraction of sp³-hybridized carbons (Fsp3) is 0.462. The van der Waals surface area contributed by atoms with E-state index in [4.69, 9.17) is 15.5 Å².